The molecule has 1 saturated heterocycles. The molecule has 0 spiro atoms. The van der Waals surface area contributed by atoms with Gasteiger partial charge in [0.25, 0.3) is 0 Å². The molecule has 1 aliphatic heterocycles. The predicted octanol–water partition coefficient (Wildman–Crippen LogP) is 1.79. The first kappa shape index (κ1) is 14.3. The lowest BCUT2D eigenvalue weighted by Crippen LogP contribution is -2.28. The second-order valence-corrected chi connectivity index (χ2v) is 4.68. The second-order valence-electron chi connectivity index (χ2n) is 4.68. The molecular formula is C11H16F3N3O2. The number of ether oxygens (including phenoxy) is 1. The van der Waals surface area contributed by atoms with E-state index in [-0.39, 0.29) is 17.8 Å². The molecule has 8 heteroatoms. The first-order chi connectivity index (χ1) is 8.95. The van der Waals surface area contributed by atoms with E-state index < -0.39 is 12.8 Å². The van der Waals surface area contributed by atoms with Crippen LogP contribution in [0.25, 0.3) is 0 Å². The summed E-state index contributed by atoms with van der Waals surface area (Å²) in [7, 11) is 0. The standard InChI is InChI=1S/C11H16F3N3O2/c1-2-10(3-4-15-6-10)9-16-8(17-19-9)5-18-7-11(12,13)14/h15H,2-7H2,1H3. The van der Waals surface area contributed by atoms with E-state index in [2.05, 4.69) is 20.2 Å². The maximum absolute atomic E-state index is 11.9. The summed E-state index contributed by atoms with van der Waals surface area (Å²) in [6.45, 7) is 2.04. The minimum Gasteiger partial charge on any atom is -0.364 e. The highest BCUT2D eigenvalue weighted by molar-refractivity contribution is 5.09. The fraction of sp³-hybridized carbons (Fsp3) is 0.818. The van der Waals surface area contributed by atoms with Crippen LogP contribution >= 0.6 is 0 Å². The molecule has 1 atom stereocenters. The maximum atomic E-state index is 11.9. The minimum atomic E-state index is -4.34. The zero-order valence-electron chi connectivity index (χ0n) is 10.6. The van der Waals surface area contributed by atoms with Crippen LogP contribution in [0.5, 0.6) is 0 Å². The summed E-state index contributed by atoms with van der Waals surface area (Å²) in [5.41, 5.74) is -0.199. The van der Waals surface area contributed by atoms with Gasteiger partial charge in [0.15, 0.2) is 5.82 Å². The number of rotatable bonds is 5. The van der Waals surface area contributed by atoms with E-state index in [1.165, 1.54) is 0 Å². The lowest BCUT2D eigenvalue weighted by molar-refractivity contribution is -0.177. The zero-order chi connectivity index (χ0) is 13.9. The molecular weight excluding hydrogens is 263 g/mol. The molecule has 0 amide bonds. The van der Waals surface area contributed by atoms with E-state index in [0.717, 1.165) is 25.9 Å². The molecule has 5 nitrogen and oxygen atoms in total. The van der Waals surface area contributed by atoms with E-state index in [1.807, 2.05) is 6.92 Å². The van der Waals surface area contributed by atoms with E-state index >= 15 is 0 Å². The number of nitrogens with one attached hydrogen (secondary N) is 1. The van der Waals surface area contributed by atoms with Crippen LogP contribution in [0.2, 0.25) is 0 Å². The van der Waals surface area contributed by atoms with Crippen molar-refractivity contribution >= 4 is 0 Å². The minimum absolute atomic E-state index is 0.152. The van der Waals surface area contributed by atoms with Crippen molar-refractivity contribution in [2.24, 2.45) is 0 Å². The number of alkyl halides is 3. The Labute approximate surface area is 108 Å². The molecule has 2 heterocycles. The SMILES string of the molecule is CCC1(c2nc(COCC(F)(F)F)no2)CCNC1. The van der Waals surface area contributed by atoms with Crippen LogP contribution in [0, 0.1) is 0 Å². The molecule has 0 aliphatic carbocycles. The van der Waals surface area contributed by atoms with Crippen LogP contribution in [0.3, 0.4) is 0 Å². The fourth-order valence-electron chi connectivity index (χ4n) is 2.17. The van der Waals surface area contributed by atoms with Crippen LogP contribution in [0.15, 0.2) is 4.52 Å². The zero-order valence-corrected chi connectivity index (χ0v) is 10.6. The van der Waals surface area contributed by atoms with Crippen LogP contribution in [-0.2, 0) is 16.8 Å². The Bertz CT molecular complexity index is 414. The van der Waals surface area contributed by atoms with Gasteiger partial charge in [-0.1, -0.05) is 12.1 Å². The molecule has 2 rings (SSSR count). The highest BCUT2D eigenvalue weighted by atomic mass is 19.4. The van der Waals surface area contributed by atoms with Crippen LogP contribution < -0.4 is 5.32 Å². The molecule has 1 unspecified atom stereocenters. The first-order valence-corrected chi connectivity index (χ1v) is 6.13. The lowest BCUT2D eigenvalue weighted by Gasteiger charge is -2.20. The van der Waals surface area contributed by atoms with Crippen molar-refractivity contribution < 1.29 is 22.4 Å². The number of hydrogen-bond acceptors (Lipinski definition) is 5. The smallest absolute Gasteiger partial charge is 0.364 e. The third-order valence-corrected chi connectivity index (χ3v) is 3.34. The van der Waals surface area contributed by atoms with E-state index in [0.29, 0.717) is 5.89 Å². The monoisotopic (exact) mass is 279 g/mol. The maximum Gasteiger partial charge on any atom is 0.411 e. The van der Waals surface area contributed by atoms with Crippen molar-refractivity contribution in [1.29, 1.82) is 0 Å². The summed E-state index contributed by atoms with van der Waals surface area (Å²) in [5.74, 6) is 0.629. The molecule has 19 heavy (non-hydrogen) atoms. The van der Waals surface area contributed by atoms with Gasteiger partial charge < -0.3 is 14.6 Å². The number of aromatic nitrogens is 2. The molecule has 0 aromatic carbocycles. The molecule has 1 aromatic rings. The van der Waals surface area contributed by atoms with Gasteiger partial charge in [-0.3, -0.25) is 0 Å². The third kappa shape index (κ3) is 3.44. The Kier molecular flexibility index (Phi) is 4.10. The van der Waals surface area contributed by atoms with Crippen molar-refractivity contribution in [3.63, 3.8) is 0 Å². The Hall–Kier alpha value is -1.15. The lowest BCUT2D eigenvalue weighted by atomic mass is 9.84. The normalized spacial score (nSPS) is 24.0. The summed E-state index contributed by atoms with van der Waals surface area (Å²) in [4.78, 5) is 4.14. The van der Waals surface area contributed by atoms with E-state index in [9.17, 15) is 13.2 Å². The number of halogens is 3. The number of hydrogen-bond donors (Lipinski definition) is 1. The topological polar surface area (TPSA) is 60.2 Å². The molecule has 1 aliphatic rings. The largest absolute Gasteiger partial charge is 0.411 e. The summed E-state index contributed by atoms with van der Waals surface area (Å²) in [6.07, 6.45) is -2.62. The van der Waals surface area contributed by atoms with Crippen molar-refractivity contribution in [3.05, 3.63) is 11.7 Å². The van der Waals surface area contributed by atoms with Gasteiger partial charge in [0.05, 0.1) is 5.41 Å². The van der Waals surface area contributed by atoms with Gasteiger partial charge in [0.2, 0.25) is 5.89 Å². The first-order valence-electron chi connectivity index (χ1n) is 6.13. The van der Waals surface area contributed by atoms with Gasteiger partial charge in [-0.25, -0.2) is 0 Å². The highest BCUT2D eigenvalue weighted by Gasteiger charge is 2.39. The van der Waals surface area contributed by atoms with Gasteiger partial charge in [-0.2, -0.15) is 18.2 Å². The molecule has 108 valence electrons. The summed E-state index contributed by atoms with van der Waals surface area (Å²) < 4.78 is 45.4. The van der Waals surface area contributed by atoms with Gasteiger partial charge in [0, 0.05) is 6.54 Å². The van der Waals surface area contributed by atoms with Gasteiger partial charge in [0.1, 0.15) is 13.2 Å². The molecule has 0 bridgehead atoms. The Morgan fingerprint density at radius 3 is 2.84 bits per heavy atom. The summed E-state index contributed by atoms with van der Waals surface area (Å²) in [5, 5.41) is 6.89. The highest BCUT2D eigenvalue weighted by Crippen LogP contribution is 2.32. The summed E-state index contributed by atoms with van der Waals surface area (Å²) in [6, 6.07) is 0. The average molecular weight is 279 g/mol. The van der Waals surface area contributed by atoms with Gasteiger partial charge in [-0.05, 0) is 19.4 Å². The van der Waals surface area contributed by atoms with Crippen molar-refractivity contribution in [1.82, 2.24) is 15.5 Å². The summed E-state index contributed by atoms with van der Waals surface area (Å²) >= 11 is 0. The van der Waals surface area contributed by atoms with Gasteiger partial charge in [-0.15, -0.1) is 0 Å². The average Bonchev–Trinajstić information content (AvgIpc) is 2.95. The van der Waals surface area contributed by atoms with Crippen LogP contribution in [0.4, 0.5) is 13.2 Å². The molecule has 1 N–H and O–H groups in total. The third-order valence-electron chi connectivity index (χ3n) is 3.34. The van der Waals surface area contributed by atoms with Gasteiger partial charge >= 0.3 is 6.18 Å². The number of nitrogens with zero attached hydrogens (tertiary/aromatic N) is 2. The van der Waals surface area contributed by atoms with E-state index in [4.69, 9.17) is 4.52 Å². The van der Waals surface area contributed by atoms with Crippen LogP contribution in [-0.4, -0.2) is 36.0 Å². The van der Waals surface area contributed by atoms with Crippen molar-refractivity contribution in [3.8, 4) is 0 Å². The Balaban J connectivity index is 1.95. The fourth-order valence-corrected chi connectivity index (χ4v) is 2.17. The molecule has 0 radical (unpaired) electrons. The Morgan fingerprint density at radius 2 is 2.26 bits per heavy atom. The van der Waals surface area contributed by atoms with Crippen LogP contribution in [0.1, 0.15) is 31.5 Å². The predicted molar refractivity (Wildman–Crippen MR) is 59.5 cm³/mol. The quantitative estimate of drug-likeness (QED) is 0.890. The molecule has 1 fully saturated rings. The van der Waals surface area contributed by atoms with Crippen molar-refractivity contribution in [2.75, 3.05) is 19.7 Å². The Morgan fingerprint density at radius 1 is 1.47 bits per heavy atom. The molecule has 1 aromatic heterocycles. The molecule has 0 saturated carbocycles. The second kappa shape index (κ2) is 5.46. The van der Waals surface area contributed by atoms with Crippen molar-refractivity contribution in [2.45, 2.75) is 38.0 Å². The van der Waals surface area contributed by atoms with E-state index in [1.54, 1.807) is 0 Å².